The van der Waals surface area contributed by atoms with Crippen molar-refractivity contribution in [3.05, 3.63) is 0 Å². The Morgan fingerprint density at radius 2 is 2.20 bits per heavy atom. The summed E-state index contributed by atoms with van der Waals surface area (Å²) in [6, 6.07) is 0. The molecule has 3 heteroatoms. The molecule has 1 aliphatic rings. The molecule has 1 unspecified atom stereocenters. The highest BCUT2D eigenvalue weighted by molar-refractivity contribution is 4.82. The molecular weight excluding hydrogens is 190 g/mol. The second-order valence-corrected chi connectivity index (χ2v) is 4.84. The van der Waals surface area contributed by atoms with Crippen LogP contribution in [0.1, 0.15) is 39.5 Å². The number of ether oxygens (including phenoxy) is 1. The predicted octanol–water partition coefficient (Wildman–Crippen LogP) is 1.65. The van der Waals surface area contributed by atoms with E-state index < -0.39 is 5.60 Å². The van der Waals surface area contributed by atoms with Gasteiger partial charge in [0.15, 0.2) is 0 Å². The van der Waals surface area contributed by atoms with Gasteiger partial charge in [-0.15, -0.1) is 0 Å². The normalized spacial score (nSPS) is 28.2. The molecule has 15 heavy (non-hydrogen) atoms. The van der Waals surface area contributed by atoms with E-state index in [0.717, 1.165) is 52.1 Å². The number of hydrogen-bond donors (Lipinski definition) is 1. The average molecular weight is 215 g/mol. The number of unbranched alkanes of at least 4 members (excludes halogenated alkanes) is 1. The Morgan fingerprint density at radius 3 is 2.87 bits per heavy atom. The van der Waals surface area contributed by atoms with Gasteiger partial charge in [0, 0.05) is 19.7 Å². The van der Waals surface area contributed by atoms with Crippen molar-refractivity contribution in [2.45, 2.75) is 45.1 Å². The Kier molecular flexibility index (Phi) is 5.58. The molecule has 0 bridgehead atoms. The van der Waals surface area contributed by atoms with E-state index in [1.165, 1.54) is 6.42 Å². The molecule has 1 aliphatic heterocycles. The largest absolute Gasteiger partial charge is 0.389 e. The minimum Gasteiger partial charge on any atom is -0.389 e. The standard InChI is InChI=1S/C12H25NO2/c1-3-4-9-15-10-8-13-7-5-6-12(2,14)11-13/h14H,3-11H2,1-2H3. The first-order chi connectivity index (χ1) is 7.14. The molecule has 1 N–H and O–H groups in total. The molecule has 0 saturated carbocycles. The fourth-order valence-electron chi connectivity index (χ4n) is 2.06. The van der Waals surface area contributed by atoms with Gasteiger partial charge in [-0.1, -0.05) is 13.3 Å². The summed E-state index contributed by atoms with van der Waals surface area (Å²) < 4.78 is 5.52. The summed E-state index contributed by atoms with van der Waals surface area (Å²) in [5.74, 6) is 0. The highest BCUT2D eigenvalue weighted by atomic mass is 16.5. The van der Waals surface area contributed by atoms with E-state index in [2.05, 4.69) is 11.8 Å². The third-order valence-corrected chi connectivity index (χ3v) is 2.95. The fourth-order valence-corrected chi connectivity index (χ4v) is 2.06. The van der Waals surface area contributed by atoms with E-state index in [-0.39, 0.29) is 0 Å². The van der Waals surface area contributed by atoms with Crippen LogP contribution in [0.4, 0.5) is 0 Å². The van der Waals surface area contributed by atoms with E-state index in [1.807, 2.05) is 6.92 Å². The molecular formula is C12H25NO2. The maximum absolute atomic E-state index is 9.90. The molecule has 1 saturated heterocycles. The lowest BCUT2D eigenvalue weighted by Gasteiger charge is -2.36. The van der Waals surface area contributed by atoms with Gasteiger partial charge >= 0.3 is 0 Å². The number of nitrogens with zero attached hydrogens (tertiary/aromatic N) is 1. The van der Waals surface area contributed by atoms with E-state index >= 15 is 0 Å². The number of likely N-dealkylation sites (tertiary alicyclic amines) is 1. The Morgan fingerprint density at radius 1 is 1.40 bits per heavy atom. The molecule has 1 fully saturated rings. The van der Waals surface area contributed by atoms with Gasteiger partial charge in [0.05, 0.1) is 12.2 Å². The van der Waals surface area contributed by atoms with Crippen LogP contribution in [0.25, 0.3) is 0 Å². The summed E-state index contributed by atoms with van der Waals surface area (Å²) in [5, 5.41) is 9.90. The molecule has 0 spiro atoms. The van der Waals surface area contributed by atoms with Crippen LogP contribution in [0.15, 0.2) is 0 Å². The van der Waals surface area contributed by atoms with Gasteiger partial charge < -0.3 is 9.84 Å². The average Bonchev–Trinajstić information content (AvgIpc) is 2.16. The van der Waals surface area contributed by atoms with Gasteiger partial charge in [-0.2, -0.15) is 0 Å². The number of β-amino-alcohol motifs (C(OH)–C–C–N with tert-alkyl or cyclic N) is 1. The Bertz CT molecular complexity index is 171. The van der Waals surface area contributed by atoms with Crippen molar-refractivity contribution in [2.75, 3.05) is 32.8 Å². The number of hydrogen-bond acceptors (Lipinski definition) is 3. The SMILES string of the molecule is CCCCOCCN1CCCC(C)(O)C1. The quantitative estimate of drug-likeness (QED) is 0.684. The van der Waals surface area contributed by atoms with E-state index in [1.54, 1.807) is 0 Å². The minimum absolute atomic E-state index is 0.484. The Labute approximate surface area is 93.4 Å². The van der Waals surface area contributed by atoms with Crippen LogP contribution in [0.2, 0.25) is 0 Å². The first-order valence-corrected chi connectivity index (χ1v) is 6.16. The van der Waals surface area contributed by atoms with Gasteiger partial charge in [-0.3, -0.25) is 4.90 Å². The molecule has 1 heterocycles. The van der Waals surface area contributed by atoms with E-state index in [4.69, 9.17) is 4.74 Å². The van der Waals surface area contributed by atoms with Crippen LogP contribution in [0.5, 0.6) is 0 Å². The van der Waals surface area contributed by atoms with Gasteiger partial charge in [-0.25, -0.2) is 0 Å². The molecule has 90 valence electrons. The van der Waals surface area contributed by atoms with Crippen LogP contribution in [-0.2, 0) is 4.74 Å². The molecule has 0 aromatic rings. The second kappa shape index (κ2) is 6.46. The zero-order valence-corrected chi connectivity index (χ0v) is 10.2. The fraction of sp³-hybridized carbons (Fsp3) is 1.00. The highest BCUT2D eigenvalue weighted by Crippen LogP contribution is 2.19. The molecule has 0 aliphatic carbocycles. The van der Waals surface area contributed by atoms with Crippen molar-refractivity contribution in [2.24, 2.45) is 0 Å². The van der Waals surface area contributed by atoms with Crippen LogP contribution in [0.3, 0.4) is 0 Å². The monoisotopic (exact) mass is 215 g/mol. The third kappa shape index (κ3) is 5.50. The first kappa shape index (κ1) is 12.9. The molecule has 0 aromatic heterocycles. The van der Waals surface area contributed by atoms with Crippen molar-refractivity contribution in [1.82, 2.24) is 4.90 Å². The molecule has 0 amide bonds. The van der Waals surface area contributed by atoms with Crippen molar-refractivity contribution in [1.29, 1.82) is 0 Å². The summed E-state index contributed by atoms with van der Waals surface area (Å²) in [6.07, 6.45) is 4.37. The molecule has 0 aromatic carbocycles. The summed E-state index contributed by atoms with van der Waals surface area (Å²) in [5.41, 5.74) is -0.484. The molecule has 0 radical (unpaired) electrons. The van der Waals surface area contributed by atoms with Gasteiger partial charge in [-0.05, 0) is 32.7 Å². The van der Waals surface area contributed by atoms with Crippen molar-refractivity contribution >= 4 is 0 Å². The lowest BCUT2D eigenvalue weighted by molar-refractivity contribution is -0.0237. The third-order valence-electron chi connectivity index (χ3n) is 2.95. The smallest absolute Gasteiger partial charge is 0.0746 e. The van der Waals surface area contributed by atoms with Crippen LogP contribution in [-0.4, -0.2) is 48.5 Å². The van der Waals surface area contributed by atoms with Crippen LogP contribution < -0.4 is 0 Å². The van der Waals surface area contributed by atoms with Gasteiger partial charge in [0.25, 0.3) is 0 Å². The molecule has 1 rings (SSSR count). The lowest BCUT2D eigenvalue weighted by Crippen LogP contribution is -2.47. The zero-order valence-electron chi connectivity index (χ0n) is 10.2. The second-order valence-electron chi connectivity index (χ2n) is 4.84. The maximum atomic E-state index is 9.90. The van der Waals surface area contributed by atoms with Crippen LogP contribution in [0, 0.1) is 0 Å². The molecule has 1 atom stereocenters. The summed E-state index contributed by atoms with van der Waals surface area (Å²) in [7, 11) is 0. The number of piperidine rings is 1. The summed E-state index contributed by atoms with van der Waals surface area (Å²) in [4.78, 5) is 2.30. The maximum Gasteiger partial charge on any atom is 0.0746 e. The highest BCUT2D eigenvalue weighted by Gasteiger charge is 2.27. The van der Waals surface area contributed by atoms with Crippen molar-refractivity contribution in [3.63, 3.8) is 0 Å². The Balaban J connectivity index is 2.05. The van der Waals surface area contributed by atoms with Gasteiger partial charge in [0.2, 0.25) is 0 Å². The number of rotatable bonds is 6. The summed E-state index contributed by atoms with van der Waals surface area (Å²) in [6.45, 7) is 8.64. The van der Waals surface area contributed by atoms with E-state index in [9.17, 15) is 5.11 Å². The number of aliphatic hydroxyl groups is 1. The minimum atomic E-state index is -0.484. The van der Waals surface area contributed by atoms with E-state index in [0.29, 0.717) is 0 Å². The summed E-state index contributed by atoms with van der Waals surface area (Å²) >= 11 is 0. The first-order valence-electron chi connectivity index (χ1n) is 6.16. The lowest BCUT2D eigenvalue weighted by atomic mass is 9.95. The van der Waals surface area contributed by atoms with Gasteiger partial charge in [0.1, 0.15) is 0 Å². The predicted molar refractivity (Wildman–Crippen MR) is 62.0 cm³/mol. The zero-order chi connectivity index (χ0) is 11.1. The topological polar surface area (TPSA) is 32.7 Å². The van der Waals surface area contributed by atoms with Crippen LogP contribution >= 0.6 is 0 Å². The molecule has 3 nitrogen and oxygen atoms in total. The Hall–Kier alpha value is -0.120. The van der Waals surface area contributed by atoms with Crippen molar-refractivity contribution in [3.8, 4) is 0 Å². The van der Waals surface area contributed by atoms with Crippen molar-refractivity contribution < 1.29 is 9.84 Å².